The number of nitrogens with one attached hydrogen (secondary N) is 2. The fraction of sp³-hybridized carbons (Fsp3) is 0.500. The van der Waals surface area contributed by atoms with Gasteiger partial charge in [-0.2, -0.15) is 0 Å². The maximum absolute atomic E-state index is 13.2. The number of hydrogen-bond donors (Lipinski definition) is 3. The van der Waals surface area contributed by atoms with Gasteiger partial charge >= 0.3 is 0 Å². The fourth-order valence-electron chi connectivity index (χ4n) is 3.03. The number of amides is 2. The molecule has 2 amide bonds. The molecule has 0 saturated heterocycles. The molecule has 0 heterocycles. The van der Waals surface area contributed by atoms with E-state index in [0.717, 1.165) is 31.0 Å². The molecule has 0 spiro atoms. The zero-order chi connectivity index (χ0) is 18.2. The second-order valence-corrected chi connectivity index (χ2v) is 6.45. The minimum atomic E-state index is -0.971. The maximum atomic E-state index is 13.2. The molecule has 137 valence electrons. The van der Waals surface area contributed by atoms with E-state index in [1.807, 2.05) is 0 Å². The van der Waals surface area contributed by atoms with Crippen LogP contribution in [0.5, 0.6) is 0 Å². The van der Waals surface area contributed by atoms with Crippen LogP contribution in [0.2, 0.25) is 0 Å². The Balaban J connectivity index is 1.80. The van der Waals surface area contributed by atoms with Crippen LogP contribution in [0.25, 0.3) is 0 Å². The van der Waals surface area contributed by atoms with Crippen molar-refractivity contribution in [2.75, 3.05) is 11.9 Å². The van der Waals surface area contributed by atoms with Gasteiger partial charge < -0.3 is 16.4 Å². The summed E-state index contributed by atoms with van der Waals surface area (Å²) in [6.07, 6.45) is 8.11. The first-order chi connectivity index (χ1) is 11.9. The summed E-state index contributed by atoms with van der Waals surface area (Å²) in [4.78, 5) is 23.5. The molecule has 7 heteroatoms. The van der Waals surface area contributed by atoms with Gasteiger partial charge in [0.2, 0.25) is 11.8 Å². The number of carbonyl (C=O) groups excluding carboxylic acids is 2. The van der Waals surface area contributed by atoms with Gasteiger partial charge in [-0.3, -0.25) is 9.59 Å². The van der Waals surface area contributed by atoms with Crippen molar-refractivity contribution in [2.24, 2.45) is 11.7 Å². The Morgan fingerprint density at radius 3 is 2.40 bits per heavy atom. The van der Waals surface area contributed by atoms with Crippen LogP contribution in [0.15, 0.2) is 18.2 Å². The highest BCUT2D eigenvalue weighted by Crippen LogP contribution is 2.26. The lowest BCUT2D eigenvalue weighted by molar-refractivity contribution is -0.125. The van der Waals surface area contributed by atoms with Crippen LogP contribution in [0, 0.1) is 24.0 Å². The minimum absolute atomic E-state index is 0.0543. The second-order valence-electron chi connectivity index (χ2n) is 6.45. The van der Waals surface area contributed by atoms with Crippen LogP contribution in [0.1, 0.15) is 38.5 Å². The third kappa shape index (κ3) is 6.68. The number of primary amides is 1. The van der Waals surface area contributed by atoms with Gasteiger partial charge in [0.15, 0.2) is 0 Å². The monoisotopic (exact) mass is 352 g/mol. The summed E-state index contributed by atoms with van der Waals surface area (Å²) in [6, 6.07) is 1.97. The Morgan fingerprint density at radius 1 is 1.16 bits per heavy atom. The summed E-state index contributed by atoms with van der Waals surface area (Å²) in [5.74, 6) is -2.03. The molecule has 1 aromatic rings. The van der Waals surface area contributed by atoms with Crippen molar-refractivity contribution in [1.82, 2.24) is 5.32 Å². The number of carbonyl (C=O) groups is 2. The average molecular weight is 352 g/mol. The molecule has 0 bridgehead atoms. The summed E-state index contributed by atoms with van der Waals surface area (Å²) in [6.45, 7) is -0.0543. The average Bonchev–Trinajstić information content (AvgIpc) is 2.56. The number of hydrogen-bond acceptors (Lipinski definition) is 3. The van der Waals surface area contributed by atoms with Crippen molar-refractivity contribution in [3.8, 4) is 0 Å². The Morgan fingerprint density at radius 2 is 1.80 bits per heavy atom. The van der Waals surface area contributed by atoms with E-state index >= 15 is 0 Å². The molecule has 0 aliphatic heterocycles. The molecule has 1 aliphatic carbocycles. The molecule has 1 atom stereocenters. The number of halogens is 2. The standard InChI is InChI=1S/C18H24F2N3O2/c19-13-8-14(20)10-15(9-13)22-11-16(18(21)25)23-17(24)7-6-12-4-2-1-3-5-12/h7-10,12,16,22H,1-6,11H2,(H2,21,25)(H,23,24)/t16-/m0/s1. The van der Waals surface area contributed by atoms with E-state index in [9.17, 15) is 18.4 Å². The van der Waals surface area contributed by atoms with Crippen LogP contribution in [0.4, 0.5) is 14.5 Å². The number of nitrogens with two attached hydrogens (primary N) is 1. The molecule has 5 nitrogen and oxygen atoms in total. The van der Waals surface area contributed by atoms with Gasteiger partial charge in [-0.15, -0.1) is 0 Å². The van der Waals surface area contributed by atoms with E-state index in [1.54, 1.807) is 6.42 Å². The molecule has 1 radical (unpaired) electrons. The predicted octanol–water partition coefficient (Wildman–Crippen LogP) is 2.52. The summed E-state index contributed by atoms with van der Waals surface area (Å²) < 4.78 is 26.3. The lowest BCUT2D eigenvalue weighted by Crippen LogP contribution is -2.48. The van der Waals surface area contributed by atoms with Gasteiger partial charge in [0.25, 0.3) is 0 Å². The third-order valence-electron chi connectivity index (χ3n) is 4.39. The van der Waals surface area contributed by atoms with E-state index in [4.69, 9.17) is 5.73 Å². The smallest absolute Gasteiger partial charge is 0.241 e. The molecule has 1 aliphatic rings. The highest BCUT2D eigenvalue weighted by atomic mass is 19.1. The Hall–Kier alpha value is -2.18. The van der Waals surface area contributed by atoms with E-state index < -0.39 is 23.6 Å². The minimum Gasteiger partial charge on any atom is -0.382 e. The first-order valence-corrected chi connectivity index (χ1v) is 8.57. The van der Waals surface area contributed by atoms with Crippen molar-refractivity contribution in [1.29, 1.82) is 0 Å². The zero-order valence-electron chi connectivity index (χ0n) is 14.1. The second kappa shape index (κ2) is 9.34. The molecule has 2 rings (SSSR count). The first-order valence-electron chi connectivity index (χ1n) is 8.57. The van der Waals surface area contributed by atoms with Crippen LogP contribution < -0.4 is 16.4 Å². The lowest BCUT2D eigenvalue weighted by Gasteiger charge is -2.21. The van der Waals surface area contributed by atoms with Crippen LogP contribution in [0.3, 0.4) is 0 Å². The lowest BCUT2D eigenvalue weighted by atomic mass is 9.86. The molecule has 4 N–H and O–H groups in total. The van der Waals surface area contributed by atoms with E-state index in [0.29, 0.717) is 12.3 Å². The summed E-state index contributed by atoms with van der Waals surface area (Å²) in [5, 5.41) is 5.25. The topological polar surface area (TPSA) is 84.2 Å². The van der Waals surface area contributed by atoms with Crippen molar-refractivity contribution in [3.63, 3.8) is 0 Å². The van der Waals surface area contributed by atoms with Gasteiger partial charge in [0.05, 0.1) is 0 Å². The van der Waals surface area contributed by atoms with Gasteiger partial charge in [0.1, 0.15) is 17.7 Å². The number of rotatable bonds is 8. The highest BCUT2D eigenvalue weighted by molar-refractivity contribution is 5.90. The Labute approximate surface area is 146 Å². The molecule has 1 aromatic carbocycles. The van der Waals surface area contributed by atoms with Crippen LogP contribution >= 0.6 is 0 Å². The highest BCUT2D eigenvalue weighted by Gasteiger charge is 2.20. The largest absolute Gasteiger partial charge is 0.382 e. The van der Waals surface area contributed by atoms with Crippen LogP contribution in [-0.4, -0.2) is 24.4 Å². The SMILES string of the molecule is NC(=O)[C@H](CNc1cc(F)cc(F)c1)NC(=O)[CH]CC1CCCCC1. The van der Waals surface area contributed by atoms with E-state index in [2.05, 4.69) is 10.6 Å². The summed E-state index contributed by atoms with van der Waals surface area (Å²) in [5.41, 5.74) is 5.46. The molecule has 1 saturated carbocycles. The third-order valence-corrected chi connectivity index (χ3v) is 4.39. The van der Waals surface area contributed by atoms with Crippen molar-refractivity contribution < 1.29 is 18.4 Å². The summed E-state index contributed by atoms with van der Waals surface area (Å²) in [7, 11) is 0. The molecule has 25 heavy (non-hydrogen) atoms. The fourth-order valence-corrected chi connectivity index (χ4v) is 3.03. The van der Waals surface area contributed by atoms with Crippen molar-refractivity contribution >= 4 is 17.5 Å². The zero-order valence-corrected chi connectivity index (χ0v) is 14.1. The number of anilines is 1. The van der Waals surface area contributed by atoms with Gasteiger partial charge in [-0.25, -0.2) is 8.78 Å². The van der Waals surface area contributed by atoms with E-state index in [1.165, 1.54) is 19.3 Å². The van der Waals surface area contributed by atoms with Crippen molar-refractivity contribution in [3.05, 3.63) is 36.3 Å². The quantitative estimate of drug-likeness (QED) is 0.672. The Kier molecular flexibility index (Phi) is 7.16. The van der Waals surface area contributed by atoms with E-state index in [-0.39, 0.29) is 18.1 Å². The predicted molar refractivity (Wildman–Crippen MR) is 91.5 cm³/mol. The maximum Gasteiger partial charge on any atom is 0.241 e. The summed E-state index contributed by atoms with van der Waals surface area (Å²) >= 11 is 0. The van der Waals surface area contributed by atoms with Crippen molar-refractivity contribution in [2.45, 2.75) is 44.6 Å². The van der Waals surface area contributed by atoms with Gasteiger partial charge in [-0.1, -0.05) is 32.1 Å². The first kappa shape index (κ1) is 19.1. The molecule has 0 aromatic heterocycles. The van der Waals surface area contributed by atoms with Gasteiger partial charge in [0, 0.05) is 24.7 Å². The molecular weight excluding hydrogens is 328 g/mol. The normalized spacial score (nSPS) is 16.2. The van der Waals surface area contributed by atoms with Gasteiger partial charge in [-0.05, 0) is 24.5 Å². The molecule has 1 fully saturated rings. The van der Waals surface area contributed by atoms with Crippen LogP contribution in [-0.2, 0) is 9.59 Å². The Bertz CT molecular complexity index is 584. The molecular formula is C18H24F2N3O2. The molecule has 0 unspecified atom stereocenters. The number of benzene rings is 1.